The highest BCUT2D eigenvalue weighted by atomic mass is 16.6. The van der Waals surface area contributed by atoms with Crippen molar-refractivity contribution in [1.82, 2.24) is 0 Å². The van der Waals surface area contributed by atoms with Gasteiger partial charge in [-0.05, 0) is 25.7 Å². The zero-order valence-electron chi connectivity index (χ0n) is 18.3. The zero-order valence-corrected chi connectivity index (χ0v) is 18.3. The highest BCUT2D eigenvalue weighted by molar-refractivity contribution is 5.71. The Morgan fingerprint density at radius 2 is 0.690 bits per heavy atom. The lowest BCUT2D eigenvalue weighted by Gasteiger charge is -2.31. The number of carbonyl (C=O) groups is 4. The van der Waals surface area contributed by atoms with Gasteiger partial charge in [0, 0.05) is 25.7 Å². The third-order valence-corrected chi connectivity index (χ3v) is 3.97. The summed E-state index contributed by atoms with van der Waals surface area (Å²) in [4.78, 5) is 47.5. The second-order valence-corrected chi connectivity index (χ2v) is 7.14. The standard InChI is InChI=1S/C21H36O8/c1-5-9-17(22)26-13-21(14-27-18(23)10-6-2,15-28-19(24)11-7-3)16-29-20(25)12-8-4/h5-16H2,1-4H3. The van der Waals surface area contributed by atoms with Crippen LogP contribution in [0.1, 0.15) is 79.1 Å². The average molecular weight is 417 g/mol. The summed E-state index contributed by atoms with van der Waals surface area (Å²) in [5, 5.41) is 0. The molecule has 0 aromatic carbocycles. The molecule has 0 aliphatic rings. The smallest absolute Gasteiger partial charge is 0.305 e. The predicted octanol–water partition coefficient (Wildman–Crippen LogP) is 3.35. The molecule has 29 heavy (non-hydrogen) atoms. The number of carbonyl (C=O) groups excluding carboxylic acids is 4. The summed E-state index contributed by atoms with van der Waals surface area (Å²) in [5.74, 6) is -1.68. The number of hydrogen-bond acceptors (Lipinski definition) is 8. The van der Waals surface area contributed by atoms with Crippen LogP contribution in [0.5, 0.6) is 0 Å². The van der Waals surface area contributed by atoms with Crippen LogP contribution in [0.4, 0.5) is 0 Å². The van der Waals surface area contributed by atoms with Crippen molar-refractivity contribution in [3.05, 3.63) is 0 Å². The lowest BCUT2D eigenvalue weighted by Crippen LogP contribution is -2.44. The van der Waals surface area contributed by atoms with Crippen molar-refractivity contribution in [2.75, 3.05) is 26.4 Å². The lowest BCUT2D eigenvalue weighted by atomic mass is 9.92. The van der Waals surface area contributed by atoms with Crippen molar-refractivity contribution in [3.8, 4) is 0 Å². The lowest BCUT2D eigenvalue weighted by molar-refractivity contribution is -0.170. The fourth-order valence-electron chi connectivity index (χ4n) is 2.29. The van der Waals surface area contributed by atoms with E-state index in [1.54, 1.807) is 0 Å². The zero-order chi connectivity index (χ0) is 22.1. The molecule has 0 atom stereocenters. The van der Waals surface area contributed by atoms with Gasteiger partial charge in [-0.2, -0.15) is 0 Å². The first-order valence-electron chi connectivity index (χ1n) is 10.4. The second kappa shape index (κ2) is 15.8. The summed E-state index contributed by atoms with van der Waals surface area (Å²) in [7, 11) is 0. The van der Waals surface area contributed by atoms with Crippen LogP contribution in [0.25, 0.3) is 0 Å². The molecule has 8 heteroatoms. The maximum atomic E-state index is 11.9. The Kier molecular flexibility index (Phi) is 14.6. The van der Waals surface area contributed by atoms with E-state index < -0.39 is 29.3 Å². The van der Waals surface area contributed by atoms with Crippen LogP contribution in [-0.4, -0.2) is 50.3 Å². The van der Waals surface area contributed by atoms with Crippen molar-refractivity contribution >= 4 is 23.9 Å². The monoisotopic (exact) mass is 416 g/mol. The van der Waals surface area contributed by atoms with Gasteiger partial charge in [0.2, 0.25) is 0 Å². The van der Waals surface area contributed by atoms with Crippen LogP contribution in [0.2, 0.25) is 0 Å². The molecule has 0 saturated carbocycles. The minimum Gasteiger partial charge on any atom is -0.465 e. The highest BCUT2D eigenvalue weighted by Gasteiger charge is 2.37. The van der Waals surface area contributed by atoms with E-state index in [9.17, 15) is 19.2 Å². The van der Waals surface area contributed by atoms with Crippen LogP contribution in [-0.2, 0) is 38.1 Å². The summed E-state index contributed by atoms with van der Waals surface area (Å²) in [5.41, 5.74) is -1.15. The van der Waals surface area contributed by atoms with Gasteiger partial charge in [0.05, 0.1) is 0 Å². The van der Waals surface area contributed by atoms with Crippen LogP contribution in [0.3, 0.4) is 0 Å². The molecule has 0 bridgehead atoms. The average Bonchev–Trinajstić information content (AvgIpc) is 2.68. The first kappa shape index (κ1) is 26.9. The van der Waals surface area contributed by atoms with Gasteiger partial charge in [-0.3, -0.25) is 19.2 Å². The van der Waals surface area contributed by atoms with Crippen molar-refractivity contribution < 1.29 is 38.1 Å². The Morgan fingerprint density at radius 1 is 0.483 bits per heavy atom. The Balaban J connectivity index is 5.35. The molecule has 168 valence electrons. The van der Waals surface area contributed by atoms with Gasteiger partial charge in [-0.1, -0.05) is 27.7 Å². The first-order valence-corrected chi connectivity index (χ1v) is 10.4. The summed E-state index contributed by atoms with van der Waals surface area (Å²) < 4.78 is 21.2. The molecule has 0 saturated heterocycles. The molecule has 0 rings (SSSR count). The van der Waals surface area contributed by atoms with Gasteiger partial charge in [-0.15, -0.1) is 0 Å². The fraction of sp³-hybridized carbons (Fsp3) is 0.810. The molecule has 8 nitrogen and oxygen atoms in total. The Bertz CT molecular complexity index is 421. The quantitative estimate of drug-likeness (QED) is 0.279. The molecule has 0 fully saturated rings. The Morgan fingerprint density at radius 3 is 0.862 bits per heavy atom. The van der Waals surface area contributed by atoms with Crippen molar-refractivity contribution in [3.63, 3.8) is 0 Å². The maximum Gasteiger partial charge on any atom is 0.305 e. The van der Waals surface area contributed by atoms with Gasteiger partial charge >= 0.3 is 23.9 Å². The summed E-state index contributed by atoms with van der Waals surface area (Å²) >= 11 is 0. The largest absolute Gasteiger partial charge is 0.465 e. The third-order valence-electron chi connectivity index (χ3n) is 3.97. The maximum absolute atomic E-state index is 11.9. The molecule has 0 aromatic heterocycles. The molecule has 0 aliphatic heterocycles. The summed E-state index contributed by atoms with van der Waals surface area (Å²) in [6, 6.07) is 0. The molecular formula is C21H36O8. The first-order chi connectivity index (χ1) is 13.8. The molecule has 0 spiro atoms. The molecule has 0 N–H and O–H groups in total. The number of rotatable bonds is 16. The van der Waals surface area contributed by atoms with Crippen LogP contribution < -0.4 is 0 Å². The fourth-order valence-corrected chi connectivity index (χ4v) is 2.29. The van der Waals surface area contributed by atoms with E-state index in [1.807, 2.05) is 27.7 Å². The van der Waals surface area contributed by atoms with E-state index in [0.29, 0.717) is 25.7 Å². The molecule has 0 amide bonds. The van der Waals surface area contributed by atoms with E-state index in [2.05, 4.69) is 0 Å². The van der Waals surface area contributed by atoms with Gasteiger partial charge in [0.15, 0.2) is 0 Å². The Hall–Kier alpha value is -2.12. The molecule has 0 aliphatic carbocycles. The number of esters is 4. The highest BCUT2D eigenvalue weighted by Crippen LogP contribution is 2.22. The van der Waals surface area contributed by atoms with Gasteiger partial charge < -0.3 is 18.9 Å². The van der Waals surface area contributed by atoms with E-state index in [1.165, 1.54) is 0 Å². The second-order valence-electron chi connectivity index (χ2n) is 7.14. The van der Waals surface area contributed by atoms with Crippen LogP contribution in [0.15, 0.2) is 0 Å². The van der Waals surface area contributed by atoms with Gasteiger partial charge in [0.25, 0.3) is 0 Å². The molecule has 0 aromatic rings. The summed E-state index contributed by atoms with van der Waals surface area (Å²) in [6.45, 7) is 6.63. The van der Waals surface area contributed by atoms with Crippen molar-refractivity contribution in [2.24, 2.45) is 5.41 Å². The minimum absolute atomic E-state index is 0.190. The van der Waals surface area contributed by atoms with E-state index in [4.69, 9.17) is 18.9 Å². The van der Waals surface area contributed by atoms with E-state index in [-0.39, 0.29) is 52.1 Å². The van der Waals surface area contributed by atoms with Gasteiger partial charge in [0.1, 0.15) is 31.8 Å². The normalized spacial score (nSPS) is 10.9. The van der Waals surface area contributed by atoms with E-state index >= 15 is 0 Å². The molecule has 0 unspecified atom stereocenters. The van der Waals surface area contributed by atoms with E-state index in [0.717, 1.165) is 0 Å². The van der Waals surface area contributed by atoms with Crippen molar-refractivity contribution in [2.45, 2.75) is 79.1 Å². The topological polar surface area (TPSA) is 105 Å². The number of ether oxygens (including phenoxy) is 4. The van der Waals surface area contributed by atoms with Gasteiger partial charge in [-0.25, -0.2) is 0 Å². The summed E-state index contributed by atoms with van der Waals surface area (Å²) in [6.07, 6.45) is 3.41. The third kappa shape index (κ3) is 12.9. The van der Waals surface area contributed by atoms with Crippen molar-refractivity contribution in [1.29, 1.82) is 0 Å². The minimum atomic E-state index is -1.15. The Labute approximate surface area is 173 Å². The molecule has 0 heterocycles. The van der Waals surface area contributed by atoms with Crippen LogP contribution in [0, 0.1) is 5.41 Å². The molecular weight excluding hydrogens is 380 g/mol. The molecule has 0 radical (unpaired) electrons. The SMILES string of the molecule is CCCC(=O)OCC(COC(=O)CCC)(COC(=O)CCC)COC(=O)CCC. The number of hydrogen-bond donors (Lipinski definition) is 0. The van der Waals surface area contributed by atoms with Crippen LogP contribution >= 0.6 is 0 Å². The predicted molar refractivity (Wildman–Crippen MR) is 106 cm³/mol.